The summed E-state index contributed by atoms with van der Waals surface area (Å²) in [7, 11) is 0. The van der Waals surface area contributed by atoms with Gasteiger partial charge in [-0.3, -0.25) is 9.59 Å². The Morgan fingerprint density at radius 3 is 2.40 bits per heavy atom. The molecule has 108 valence electrons. The van der Waals surface area contributed by atoms with Gasteiger partial charge in [-0.15, -0.1) is 0 Å². The van der Waals surface area contributed by atoms with E-state index in [-0.39, 0.29) is 18.1 Å². The molecule has 0 aliphatic carbocycles. The molecule has 20 heavy (non-hydrogen) atoms. The van der Waals surface area contributed by atoms with Gasteiger partial charge in [-0.1, -0.05) is 18.2 Å². The van der Waals surface area contributed by atoms with Crippen molar-refractivity contribution in [3.05, 3.63) is 29.8 Å². The molecule has 1 aliphatic rings. The van der Waals surface area contributed by atoms with Crippen LogP contribution in [-0.4, -0.2) is 40.1 Å². The number of hydrogen-bond donors (Lipinski definition) is 2. The fourth-order valence-corrected chi connectivity index (χ4v) is 2.40. The van der Waals surface area contributed by atoms with Gasteiger partial charge in [-0.2, -0.15) is 0 Å². The SMILES string of the molecule is CC1(C(=O)O)CCN(C(=O)Cc2ccccc2O)CC1. The molecule has 1 fully saturated rings. The van der Waals surface area contributed by atoms with Crippen LogP contribution in [-0.2, 0) is 16.0 Å². The summed E-state index contributed by atoms with van der Waals surface area (Å²) in [4.78, 5) is 25.0. The Balaban J connectivity index is 1.96. The number of carboxylic acids is 1. The summed E-state index contributed by atoms with van der Waals surface area (Å²) in [5.74, 6) is -0.752. The van der Waals surface area contributed by atoms with Crippen molar-refractivity contribution < 1.29 is 19.8 Å². The number of carboxylic acid groups (broad SMARTS) is 1. The molecular weight excluding hydrogens is 258 g/mol. The Labute approximate surface area is 117 Å². The van der Waals surface area contributed by atoms with Crippen LogP contribution in [0.1, 0.15) is 25.3 Å². The lowest BCUT2D eigenvalue weighted by molar-refractivity contribution is -0.152. The average molecular weight is 277 g/mol. The second-order valence-electron chi connectivity index (χ2n) is 5.55. The number of para-hydroxylation sites is 1. The minimum absolute atomic E-state index is 0.0704. The summed E-state index contributed by atoms with van der Waals surface area (Å²) in [5.41, 5.74) is -0.129. The number of likely N-dealkylation sites (tertiary alicyclic amines) is 1. The summed E-state index contributed by atoms with van der Waals surface area (Å²) in [6.45, 7) is 2.63. The van der Waals surface area contributed by atoms with Gasteiger partial charge in [-0.05, 0) is 25.8 Å². The third kappa shape index (κ3) is 2.92. The molecule has 5 heteroatoms. The largest absolute Gasteiger partial charge is 0.508 e. The van der Waals surface area contributed by atoms with Crippen LogP contribution < -0.4 is 0 Å². The van der Waals surface area contributed by atoms with Crippen molar-refractivity contribution >= 4 is 11.9 Å². The third-order valence-corrected chi connectivity index (χ3v) is 4.07. The van der Waals surface area contributed by atoms with Crippen LogP contribution in [0.15, 0.2) is 24.3 Å². The number of piperidine rings is 1. The van der Waals surface area contributed by atoms with Crippen LogP contribution >= 0.6 is 0 Å². The predicted octanol–water partition coefficient (Wildman–Crippen LogP) is 1.65. The minimum atomic E-state index is -0.801. The number of carbonyl (C=O) groups is 2. The molecule has 0 spiro atoms. The van der Waals surface area contributed by atoms with E-state index < -0.39 is 11.4 Å². The standard InChI is InChI=1S/C15H19NO4/c1-15(14(19)20)6-8-16(9-7-15)13(18)10-11-4-2-3-5-12(11)17/h2-5,17H,6-10H2,1H3,(H,19,20). The highest BCUT2D eigenvalue weighted by Crippen LogP contribution is 2.31. The van der Waals surface area contributed by atoms with E-state index in [0.717, 1.165) is 0 Å². The molecule has 1 aromatic carbocycles. The smallest absolute Gasteiger partial charge is 0.309 e. The molecular formula is C15H19NO4. The Morgan fingerprint density at radius 2 is 1.85 bits per heavy atom. The first-order chi connectivity index (χ1) is 9.42. The maximum Gasteiger partial charge on any atom is 0.309 e. The normalized spacial score (nSPS) is 17.8. The molecule has 0 unspecified atom stereocenters. The molecule has 1 aliphatic heterocycles. The molecule has 2 N–H and O–H groups in total. The quantitative estimate of drug-likeness (QED) is 0.880. The van der Waals surface area contributed by atoms with Gasteiger partial charge in [-0.25, -0.2) is 0 Å². The fourth-order valence-electron chi connectivity index (χ4n) is 2.40. The number of aliphatic carboxylic acids is 1. The monoisotopic (exact) mass is 277 g/mol. The third-order valence-electron chi connectivity index (χ3n) is 4.07. The average Bonchev–Trinajstić information content (AvgIpc) is 2.42. The van der Waals surface area contributed by atoms with Crippen LogP contribution in [0.2, 0.25) is 0 Å². The summed E-state index contributed by atoms with van der Waals surface area (Å²) in [6, 6.07) is 6.77. The van der Waals surface area contributed by atoms with Crippen molar-refractivity contribution in [2.45, 2.75) is 26.2 Å². The maximum absolute atomic E-state index is 12.2. The Hall–Kier alpha value is -2.04. The highest BCUT2D eigenvalue weighted by molar-refractivity contribution is 5.80. The molecule has 0 bridgehead atoms. The molecule has 0 atom stereocenters. The van der Waals surface area contributed by atoms with Crippen LogP contribution in [0, 0.1) is 5.41 Å². The summed E-state index contributed by atoms with van der Waals surface area (Å²) in [6.07, 6.45) is 1.08. The molecule has 5 nitrogen and oxygen atoms in total. The van der Waals surface area contributed by atoms with Crippen molar-refractivity contribution in [2.24, 2.45) is 5.41 Å². The topological polar surface area (TPSA) is 77.8 Å². The lowest BCUT2D eigenvalue weighted by Gasteiger charge is -2.36. The van der Waals surface area contributed by atoms with Gasteiger partial charge in [0.1, 0.15) is 5.75 Å². The molecule has 1 amide bonds. The zero-order chi connectivity index (χ0) is 14.8. The minimum Gasteiger partial charge on any atom is -0.508 e. The van der Waals surface area contributed by atoms with Crippen molar-refractivity contribution in [2.75, 3.05) is 13.1 Å². The van der Waals surface area contributed by atoms with E-state index in [1.54, 1.807) is 36.1 Å². The van der Waals surface area contributed by atoms with Crippen molar-refractivity contribution in [3.8, 4) is 5.75 Å². The number of carbonyl (C=O) groups excluding carboxylic acids is 1. The van der Waals surface area contributed by atoms with Crippen LogP contribution in [0.4, 0.5) is 0 Å². The van der Waals surface area contributed by atoms with E-state index in [1.807, 2.05) is 0 Å². The van der Waals surface area contributed by atoms with E-state index >= 15 is 0 Å². The van der Waals surface area contributed by atoms with E-state index in [9.17, 15) is 14.7 Å². The molecule has 0 saturated carbocycles. The maximum atomic E-state index is 12.2. The molecule has 2 rings (SSSR count). The first-order valence-corrected chi connectivity index (χ1v) is 6.70. The van der Waals surface area contributed by atoms with Crippen LogP contribution in [0.25, 0.3) is 0 Å². The van der Waals surface area contributed by atoms with E-state index in [0.29, 0.717) is 31.5 Å². The van der Waals surface area contributed by atoms with Gasteiger partial charge in [0.15, 0.2) is 0 Å². The zero-order valence-electron chi connectivity index (χ0n) is 11.5. The summed E-state index contributed by atoms with van der Waals surface area (Å²) >= 11 is 0. The number of nitrogens with zero attached hydrogens (tertiary/aromatic N) is 1. The molecule has 0 aromatic heterocycles. The highest BCUT2D eigenvalue weighted by Gasteiger charge is 2.37. The Bertz CT molecular complexity index is 518. The zero-order valence-corrected chi connectivity index (χ0v) is 11.5. The Kier molecular flexibility index (Phi) is 3.97. The van der Waals surface area contributed by atoms with Gasteiger partial charge in [0.05, 0.1) is 11.8 Å². The molecule has 0 radical (unpaired) electrons. The number of benzene rings is 1. The second kappa shape index (κ2) is 5.53. The van der Waals surface area contributed by atoms with E-state index in [1.165, 1.54) is 0 Å². The van der Waals surface area contributed by atoms with Crippen LogP contribution in [0.5, 0.6) is 5.75 Å². The van der Waals surface area contributed by atoms with Crippen LogP contribution in [0.3, 0.4) is 0 Å². The molecule has 1 saturated heterocycles. The van der Waals surface area contributed by atoms with Gasteiger partial charge >= 0.3 is 5.97 Å². The summed E-state index contributed by atoms with van der Waals surface area (Å²) < 4.78 is 0. The number of hydrogen-bond acceptors (Lipinski definition) is 3. The molecule has 1 heterocycles. The van der Waals surface area contributed by atoms with Crippen molar-refractivity contribution in [1.82, 2.24) is 4.90 Å². The van der Waals surface area contributed by atoms with Gasteiger partial charge in [0.25, 0.3) is 0 Å². The van der Waals surface area contributed by atoms with Crippen molar-refractivity contribution in [3.63, 3.8) is 0 Å². The number of phenolic OH excluding ortho intramolecular Hbond substituents is 1. The van der Waals surface area contributed by atoms with Gasteiger partial charge in [0.2, 0.25) is 5.91 Å². The van der Waals surface area contributed by atoms with Crippen molar-refractivity contribution in [1.29, 1.82) is 0 Å². The number of aromatic hydroxyl groups is 1. The predicted molar refractivity (Wildman–Crippen MR) is 73.4 cm³/mol. The number of phenols is 1. The first kappa shape index (κ1) is 14.4. The Morgan fingerprint density at radius 1 is 1.25 bits per heavy atom. The molecule has 1 aromatic rings. The van der Waals surface area contributed by atoms with Gasteiger partial charge in [0, 0.05) is 18.7 Å². The number of rotatable bonds is 3. The van der Waals surface area contributed by atoms with E-state index in [2.05, 4.69) is 0 Å². The fraction of sp³-hybridized carbons (Fsp3) is 0.467. The second-order valence-corrected chi connectivity index (χ2v) is 5.55. The highest BCUT2D eigenvalue weighted by atomic mass is 16.4. The lowest BCUT2D eigenvalue weighted by Crippen LogP contribution is -2.45. The first-order valence-electron chi connectivity index (χ1n) is 6.70. The van der Waals surface area contributed by atoms with E-state index in [4.69, 9.17) is 5.11 Å². The lowest BCUT2D eigenvalue weighted by atomic mass is 9.80. The number of amides is 1. The summed E-state index contributed by atoms with van der Waals surface area (Å²) in [5, 5.41) is 18.8. The van der Waals surface area contributed by atoms with Gasteiger partial charge < -0.3 is 15.1 Å².